The van der Waals surface area contributed by atoms with Gasteiger partial charge in [0, 0.05) is 12.1 Å². The van der Waals surface area contributed by atoms with Gasteiger partial charge in [-0.05, 0) is 66.6 Å². The van der Waals surface area contributed by atoms with Crippen molar-refractivity contribution in [1.29, 1.82) is 5.26 Å². The van der Waals surface area contributed by atoms with Gasteiger partial charge in [0.2, 0.25) is 5.91 Å². The number of benzene rings is 2. The van der Waals surface area contributed by atoms with Gasteiger partial charge in [0.25, 0.3) is 0 Å². The summed E-state index contributed by atoms with van der Waals surface area (Å²) in [7, 11) is 0. The zero-order valence-corrected chi connectivity index (χ0v) is 14.0. The van der Waals surface area contributed by atoms with Gasteiger partial charge in [-0.2, -0.15) is 5.26 Å². The Morgan fingerprint density at radius 1 is 1.21 bits per heavy atom. The number of rotatable bonds is 2. The van der Waals surface area contributed by atoms with E-state index in [-0.39, 0.29) is 5.91 Å². The van der Waals surface area contributed by atoms with E-state index in [1.165, 1.54) is 0 Å². The van der Waals surface area contributed by atoms with Crippen LogP contribution in [0.3, 0.4) is 0 Å². The molecule has 0 aliphatic carbocycles. The molecule has 1 heterocycles. The molecule has 0 radical (unpaired) electrons. The molecule has 0 saturated carbocycles. The number of nitrogens with zero attached hydrogens (tertiary/aromatic N) is 1. The minimum Gasteiger partial charge on any atom is -0.352 e. The van der Waals surface area contributed by atoms with E-state index in [9.17, 15) is 10.1 Å². The first-order valence-electron chi connectivity index (χ1n) is 8.20. The molecule has 1 saturated heterocycles. The van der Waals surface area contributed by atoms with Gasteiger partial charge in [0.1, 0.15) is 0 Å². The maximum absolute atomic E-state index is 12.2. The molecule has 0 unspecified atom stereocenters. The maximum Gasteiger partial charge on any atom is 0.247 e. The van der Waals surface area contributed by atoms with Crippen molar-refractivity contribution < 1.29 is 4.79 Å². The molecule has 3 heteroatoms. The quantitative estimate of drug-likeness (QED) is 0.844. The van der Waals surface area contributed by atoms with Crippen molar-refractivity contribution in [2.45, 2.75) is 26.7 Å². The highest BCUT2D eigenvalue weighted by Crippen LogP contribution is 2.33. The Bertz CT molecular complexity index is 857. The molecule has 0 aromatic heterocycles. The fourth-order valence-electron chi connectivity index (χ4n) is 3.29. The van der Waals surface area contributed by atoms with Gasteiger partial charge in [-0.25, -0.2) is 0 Å². The molecule has 1 fully saturated rings. The van der Waals surface area contributed by atoms with Crippen molar-refractivity contribution >= 4 is 11.5 Å². The highest BCUT2D eigenvalue weighted by Gasteiger charge is 2.20. The number of hydrogen-bond acceptors (Lipinski definition) is 2. The van der Waals surface area contributed by atoms with Crippen molar-refractivity contribution in [2.75, 3.05) is 6.54 Å². The monoisotopic (exact) mass is 316 g/mol. The van der Waals surface area contributed by atoms with Gasteiger partial charge in [-0.3, -0.25) is 4.79 Å². The summed E-state index contributed by atoms with van der Waals surface area (Å²) in [5.41, 5.74) is 6.63. The lowest BCUT2D eigenvalue weighted by Gasteiger charge is -2.20. The van der Waals surface area contributed by atoms with Crippen LogP contribution < -0.4 is 5.32 Å². The number of nitrogens with one attached hydrogen (secondary N) is 1. The first kappa shape index (κ1) is 16.0. The molecule has 0 spiro atoms. The van der Waals surface area contributed by atoms with Gasteiger partial charge in [-0.15, -0.1) is 0 Å². The summed E-state index contributed by atoms with van der Waals surface area (Å²) in [6.07, 6.45) is 1.75. The SMILES string of the molecule is C/C(=C1/CCCNC1=O)c1cc(C#N)cc(-c2ccccc2)c1C. The van der Waals surface area contributed by atoms with Crippen LogP contribution in [0.4, 0.5) is 0 Å². The Hall–Kier alpha value is -2.86. The molecule has 0 atom stereocenters. The van der Waals surface area contributed by atoms with Crippen LogP contribution in [0.5, 0.6) is 0 Å². The van der Waals surface area contributed by atoms with Crippen LogP contribution in [-0.4, -0.2) is 12.5 Å². The standard InChI is InChI=1S/C21H20N2O/c1-14(18-9-6-10-23-21(18)24)19-11-16(13-22)12-20(15(19)2)17-7-4-3-5-8-17/h3-5,7-8,11-12H,6,9-10H2,1-2H3,(H,23,24)/b18-14+. The molecule has 120 valence electrons. The number of carbonyl (C=O) groups excluding carboxylic acids is 1. The molecule has 2 aromatic carbocycles. The fourth-order valence-corrected chi connectivity index (χ4v) is 3.29. The Kier molecular flexibility index (Phi) is 4.48. The number of nitriles is 1. The minimum absolute atomic E-state index is 0.0155. The van der Waals surface area contributed by atoms with Crippen molar-refractivity contribution in [3.05, 3.63) is 64.7 Å². The molecular weight excluding hydrogens is 296 g/mol. The predicted molar refractivity (Wildman–Crippen MR) is 96.2 cm³/mol. The van der Waals surface area contributed by atoms with Crippen molar-refractivity contribution in [3.8, 4) is 17.2 Å². The fraction of sp³-hybridized carbons (Fsp3) is 0.238. The maximum atomic E-state index is 12.2. The molecule has 3 rings (SSSR count). The minimum atomic E-state index is 0.0155. The molecular formula is C21H20N2O. The van der Waals surface area contributed by atoms with Crippen molar-refractivity contribution in [3.63, 3.8) is 0 Å². The third-order valence-corrected chi connectivity index (χ3v) is 4.64. The Morgan fingerprint density at radius 2 is 1.96 bits per heavy atom. The molecule has 0 bridgehead atoms. The van der Waals surface area contributed by atoms with Crippen LogP contribution in [-0.2, 0) is 4.79 Å². The number of carbonyl (C=O) groups is 1. The van der Waals surface area contributed by atoms with Crippen LogP contribution >= 0.6 is 0 Å². The normalized spacial score (nSPS) is 16.3. The van der Waals surface area contributed by atoms with Crippen LogP contribution in [0.1, 0.15) is 36.5 Å². The first-order chi connectivity index (χ1) is 11.6. The van der Waals surface area contributed by atoms with Gasteiger partial charge in [-0.1, -0.05) is 30.3 Å². The highest BCUT2D eigenvalue weighted by atomic mass is 16.1. The lowest BCUT2D eigenvalue weighted by Crippen LogP contribution is -2.31. The molecule has 1 amide bonds. The summed E-state index contributed by atoms with van der Waals surface area (Å²) in [6, 6.07) is 16.1. The lowest BCUT2D eigenvalue weighted by molar-refractivity contribution is -0.118. The third-order valence-electron chi connectivity index (χ3n) is 4.64. The third kappa shape index (κ3) is 2.96. The topological polar surface area (TPSA) is 52.9 Å². The Morgan fingerprint density at radius 3 is 2.62 bits per heavy atom. The smallest absolute Gasteiger partial charge is 0.247 e. The van der Waals surface area contributed by atoms with E-state index in [4.69, 9.17) is 0 Å². The van der Waals surface area contributed by atoms with Crippen LogP contribution in [0.15, 0.2) is 48.0 Å². The van der Waals surface area contributed by atoms with Crippen LogP contribution in [0.25, 0.3) is 16.7 Å². The van der Waals surface area contributed by atoms with Crippen LogP contribution in [0.2, 0.25) is 0 Å². The van der Waals surface area contributed by atoms with Crippen LogP contribution in [0, 0.1) is 18.3 Å². The highest BCUT2D eigenvalue weighted by molar-refractivity contribution is 6.02. The second kappa shape index (κ2) is 6.72. The number of piperidine rings is 1. The zero-order valence-electron chi connectivity index (χ0n) is 14.0. The summed E-state index contributed by atoms with van der Waals surface area (Å²) in [5, 5.41) is 12.3. The summed E-state index contributed by atoms with van der Waals surface area (Å²) >= 11 is 0. The van der Waals surface area contributed by atoms with Gasteiger partial charge in [0.05, 0.1) is 11.6 Å². The first-order valence-corrected chi connectivity index (χ1v) is 8.20. The van der Waals surface area contributed by atoms with E-state index in [1.807, 2.05) is 49.4 Å². The predicted octanol–water partition coefficient (Wildman–Crippen LogP) is 4.22. The van der Waals surface area contributed by atoms with E-state index in [0.717, 1.165) is 52.8 Å². The average Bonchev–Trinajstić information content (AvgIpc) is 2.62. The van der Waals surface area contributed by atoms with Gasteiger partial charge >= 0.3 is 0 Å². The van der Waals surface area contributed by atoms with E-state index < -0.39 is 0 Å². The molecule has 24 heavy (non-hydrogen) atoms. The summed E-state index contributed by atoms with van der Waals surface area (Å²) in [5.74, 6) is 0.0155. The van der Waals surface area contributed by atoms with Crippen molar-refractivity contribution in [1.82, 2.24) is 5.32 Å². The average molecular weight is 316 g/mol. The second-order valence-electron chi connectivity index (χ2n) is 6.14. The van der Waals surface area contributed by atoms with Crippen molar-refractivity contribution in [2.24, 2.45) is 0 Å². The number of amides is 1. The van der Waals surface area contributed by atoms with Gasteiger partial charge < -0.3 is 5.32 Å². The largest absolute Gasteiger partial charge is 0.352 e. The molecule has 3 nitrogen and oxygen atoms in total. The number of hydrogen-bond donors (Lipinski definition) is 1. The zero-order chi connectivity index (χ0) is 17.1. The Labute approximate surface area is 142 Å². The van der Waals surface area contributed by atoms with E-state index in [0.29, 0.717) is 5.56 Å². The number of allylic oxidation sites excluding steroid dienone is 1. The molecule has 2 aromatic rings. The molecule has 1 aliphatic heterocycles. The summed E-state index contributed by atoms with van der Waals surface area (Å²) in [6.45, 7) is 4.78. The van der Waals surface area contributed by atoms with Gasteiger partial charge in [0.15, 0.2) is 0 Å². The van der Waals surface area contributed by atoms with E-state index in [1.54, 1.807) is 0 Å². The molecule has 1 aliphatic rings. The second-order valence-corrected chi connectivity index (χ2v) is 6.14. The van der Waals surface area contributed by atoms with E-state index >= 15 is 0 Å². The molecule has 1 N–H and O–H groups in total. The lowest BCUT2D eigenvalue weighted by atomic mass is 9.87. The van der Waals surface area contributed by atoms with E-state index in [2.05, 4.69) is 18.3 Å². The summed E-state index contributed by atoms with van der Waals surface area (Å²) in [4.78, 5) is 12.2. The Balaban J connectivity index is 2.20. The summed E-state index contributed by atoms with van der Waals surface area (Å²) < 4.78 is 0.